The molecule has 2 N–H and O–H groups in total. The van der Waals surface area contributed by atoms with Gasteiger partial charge in [0.05, 0.1) is 6.20 Å². The normalized spacial score (nSPS) is 13.6. The van der Waals surface area contributed by atoms with E-state index in [4.69, 9.17) is 0 Å². The van der Waals surface area contributed by atoms with E-state index in [-0.39, 0.29) is 5.56 Å². The molecule has 4 aromatic rings. The van der Waals surface area contributed by atoms with Gasteiger partial charge in [-0.25, -0.2) is 8.78 Å². The molecule has 0 amide bonds. The van der Waals surface area contributed by atoms with Gasteiger partial charge in [0.15, 0.2) is 0 Å². The number of aromatic nitrogens is 3. The van der Waals surface area contributed by atoms with E-state index in [2.05, 4.69) is 45.9 Å². The topological polar surface area (TPSA) is 48.9 Å². The van der Waals surface area contributed by atoms with Crippen LogP contribution in [0.3, 0.4) is 0 Å². The van der Waals surface area contributed by atoms with E-state index in [0.717, 1.165) is 64.1 Å². The molecule has 0 bridgehead atoms. The number of benzene rings is 2. The van der Waals surface area contributed by atoms with E-state index in [1.165, 1.54) is 0 Å². The van der Waals surface area contributed by atoms with Crippen molar-refractivity contribution >= 4 is 28.0 Å². The Balaban J connectivity index is 1.66. The molecular weight excluding hydrogens is 420 g/mol. The van der Waals surface area contributed by atoms with Gasteiger partial charge in [-0.2, -0.15) is 5.10 Å². The van der Waals surface area contributed by atoms with Crippen LogP contribution in [0.5, 0.6) is 0 Å². The molecule has 0 radical (unpaired) electrons. The molecule has 0 fully saturated rings. The summed E-state index contributed by atoms with van der Waals surface area (Å²) in [5.41, 5.74) is 8.25. The summed E-state index contributed by atoms with van der Waals surface area (Å²) < 4.78 is 30.0. The monoisotopic (exact) mass is 447 g/mol. The molecule has 5 nitrogen and oxygen atoms in total. The third-order valence-corrected chi connectivity index (χ3v) is 6.53. The number of hydrogen-bond donors (Lipinski definition) is 2. The molecular formula is C26H27F2N5. The van der Waals surface area contributed by atoms with Crippen LogP contribution in [-0.4, -0.2) is 28.4 Å². The van der Waals surface area contributed by atoms with Crippen LogP contribution in [0.15, 0.2) is 49.4 Å². The molecule has 3 heterocycles. The fourth-order valence-corrected chi connectivity index (χ4v) is 4.84. The van der Waals surface area contributed by atoms with Gasteiger partial charge in [0.25, 0.3) is 6.43 Å². The third-order valence-electron chi connectivity index (χ3n) is 6.53. The molecule has 1 aliphatic rings. The van der Waals surface area contributed by atoms with Crippen molar-refractivity contribution in [2.24, 2.45) is 7.05 Å². The minimum atomic E-state index is -2.58. The average Bonchev–Trinajstić information content (AvgIpc) is 3.43. The highest BCUT2D eigenvalue weighted by Gasteiger charge is 2.25. The van der Waals surface area contributed by atoms with E-state index in [0.29, 0.717) is 11.1 Å². The largest absolute Gasteiger partial charge is 0.388 e. The first-order chi connectivity index (χ1) is 15.9. The second-order valence-corrected chi connectivity index (χ2v) is 8.64. The average molecular weight is 448 g/mol. The van der Waals surface area contributed by atoms with Gasteiger partial charge in [-0.3, -0.25) is 4.68 Å². The maximum absolute atomic E-state index is 14.2. The first-order valence-electron chi connectivity index (χ1n) is 11.1. The molecule has 0 aliphatic carbocycles. The minimum absolute atomic E-state index is 0.0392. The second-order valence-electron chi connectivity index (χ2n) is 8.64. The van der Waals surface area contributed by atoms with Crippen LogP contribution >= 0.6 is 0 Å². The number of fused-ring (bicyclic) bond motifs is 2. The predicted molar refractivity (Wildman–Crippen MR) is 130 cm³/mol. The quantitative estimate of drug-likeness (QED) is 0.389. The smallest absolute Gasteiger partial charge is 0.264 e. The first-order valence-corrected chi connectivity index (χ1v) is 11.1. The van der Waals surface area contributed by atoms with Crippen molar-refractivity contribution < 1.29 is 8.78 Å². The lowest BCUT2D eigenvalue weighted by atomic mass is 9.92. The number of nitrogens with zero attached hydrogens (tertiary/aromatic N) is 3. The van der Waals surface area contributed by atoms with Crippen LogP contribution in [0.4, 0.5) is 20.2 Å². The molecule has 5 rings (SSSR count). The second kappa shape index (κ2) is 8.06. The van der Waals surface area contributed by atoms with Gasteiger partial charge in [0.1, 0.15) is 0 Å². The summed E-state index contributed by atoms with van der Waals surface area (Å²) in [6, 6.07) is 7.85. The number of halogens is 2. The highest BCUT2D eigenvalue weighted by molar-refractivity contribution is 5.96. The Labute approximate surface area is 191 Å². The standard InChI is InChI=1S/C26H27F2N5/c1-15-8-19(10-21-23(16(2)29-3)13-30-25(15)21)33-7-5-6-17-9-20(18-12-31-32(4)14-18)22(26(27)28)11-24(17)33/h8-14,26,29-30H,2,5-7H2,1,3-4H3. The van der Waals surface area contributed by atoms with Gasteiger partial charge in [-0.1, -0.05) is 6.58 Å². The van der Waals surface area contributed by atoms with Crippen molar-refractivity contribution in [3.8, 4) is 11.1 Å². The van der Waals surface area contributed by atoms with Crippen molar-refractivity contribution in [2.45, 2.75) is 26.2 Å². The fourth-order valence-electron chi connectivity index (χ4n) is 4.84. The Morgan fingerprint density at radius 2 is 2.06 bits per heavy atom. The molecule has 0 unspecified atom stereocenters. The van der Waals surface area contributed by atoms with Crippen LogP contribution in [-0.2, 0) is 13.5 Å². The lowest BCUT2D eigenvalue weighted by Crippen LogP contribution is -2.25. The van der Waals surface area contributed by atoms with Crippen molar-refractivity contribution in [1.29, 1.82) is 0 Å². The summed E-state index contributed by atoms with van der Waals surface area (Å²) in [4.78, 5) is 5.52. The van der Waals surface area contributed by atoms with Gasteiger partial charge in [-0.05, 0) is 60.7 Å². The summed E-state index contributed by atoms with van der Waals surface area (Å²) in [6.07, 6.45) is 4.62. The van der Waals surface area contributed by atoms with Gasteiger partial charge in [0.2, 0.25) is 0 Å². The summed E-state index contributed by atoms with van der Waals surface area (Å²) in [5.74, 6) is 0. The Kier molecular flexibility index (Phi) is 5.19. The number of H-pyrrole nitrogens is 1. The summed E-state index contributed by atoms with van der Waals surface area (Å²) in [5, 5.41) is 8.36. The Morgan fingerprint density at radius 1 is 1.24 bits per heavy atom. The number of rotatable bonds is 5. The Bertz CT molecular complexity index is 1360. The van der Waals surface area contributed by atoms with E-state index >= 15 is 0 Å². The molecule has 2 aromatic carbocycles. The van der Waals surface area contributed by atoms with Gasteiger partial charge >= 0.3 is 0 Å². The van der Waals surface area contributed by atoms with Crippen molar-refractivity contribution in [3.63, 3.8) is 0 Å². The number of nitrogens with one attached hydrogen (secondary N) is 2. The van der Waals surface area contributed by atoms with Crippen LogP contribution in [0.25, 0.3) is 27.7 Å². The molecule has 0 saturated heterocycles. The summed E-state index contributed by atoms with van der Waals surface area (Å²) in [6.45, 7) is 6.95. The first kappa shape index (κ1) is 21.2. The van der Waals surface area contributed by atoms with Gasteiger partial charge < -0.3 is 15.2 Å². The molecule has 2 aromatic heterocycles. The zero-order valence-corrected chi connectivity index (χ0v) is 19.0. The highest BCUT2D eigenvalue weighted by atomic mass is 19.3. The summed E-state index contributed by atoms with van der Waals surface area (Å²) in [7, 11) is 3.65. The number of anilines is 2. The third kappa shape index (κ3) is 3.57. The lowest BCUT2D eigenvalue weighted by molar-refractivity contribution is 0.152. The van der Waals surface area contributed by atoms with E-state index in [1.807, 2.05) is 19.3 Å². The summed E-state index contributed by atoms with van der Waals surface area (Å²) >= 11 is 0. The molecule has 1 aliphatic heterocycles. The molecule has 0 atom stereocenters. The number of hydrogen-bond acceptors (Lipinski definition) is 3. The van der Waals surface area contributed by atoms with Crippen LogP contribution in [0, 0.1) is 6.92 Å². The highest BCUT2D eigenvalue weighted by Crippen LogP contribution is 2.42. The SMILES string of the molecule is C=C(NC)c1c[nH]c2c(C)cc(N3CCCc4cc(-c5cnn(C)c5)c(C(F)F)cc43)cc12. The zero-order valence-electron chi connectivity index (χ0n) is 19.0. The maximum atomic E-state index is 14.2. The lowest BCUT2D eigenvalue weighted by Gasteiger charge is -2.33. The van der Waals surface area contributed by atoms with Gasteiger partial charge in [0, 0.05) is 77.7 Å². The molecule has 0 saturated carbocycles. The fraction of sp³-hybridized carbons (Fsp3) is 0.269. The molecule has 33 heavy (non-hydrogen) atoms. The molecule has 7 heteroatoms. The van der Waals surface area contributed by atoms with E-state index < -0.39 is 6.43 Å². The number of aryl methyl sites for hydroxylation is 3. The molecule has 170 valence electrons. The Morgan fingerprint density at radius 3 is 2.76 bits per heavy atom. The minimum Gasteiger partial charge on any atom is -0.388 e. The molecule has 0 spiro atoms. The number of alkyl halides is 2. The Hall–Kier alpha value is -3.61. The van der Waals surface area contributed by atoms with Crippen LogP contribution < -0.4 is 10.2 Å². The van der Waals surface area contributed by atoms with Crippen molar-refractivity contribution in [2.75, 3.05) is 18.5 Å². The van der Waals surface area contributed by atoms with Crippen molar-refractivity contribution in [1.82, 2.24) is 20.1 Å². The predicted octanol–water partition coefficient (Wildman–Crippen LogP) is 6.09. The zero-order chi connectivity index (χ0) is 23.3. The van der Waals surface area contributed by atoms with E-state index in [1.54, 1.807) is 30.2 Å². The van der Waals surface area contributed by atoms with Crippen LogP contribution in [0.2, 0.25) is 0 Å². The van der Waals surface area contributed by atoms with Crippen LogP contribution in [0.1, 0.15) is 35.1 Å². The van der Waals surface area contributed by atoms with E-state index in [9.17, 15) is 8.78 Å². The number of aromatic amines is 1. The van der Waals surface area contributed by atoms with Crippen molar-refractivity contribution in [3.05, 3.63) is 71.7 Å². The maximum Gasteiger partial charge on any atom is 0.264 e. The van der Waals surface area contributed by atoms with Gasteiger partial charge in [-0.15, -0.1) is 0 Å².